The summed E-state index contributed by atoms with van der Waals surface area (Å²) in [5.74, 6) is -0.371. The van der Waals surface area contributed by atoms with E-state index in [0.29, 0.717) is 12.2 Å². The first kappa shape index (κ1) is 17.0. The Morgan fingerprint density at radius 2 is 2.04 bits per heavy atom. The molecule has 1 amide bonds. The van der Waals surface area contributed by atoms with Gasteiger partial charge in [0.2, 0.25) is 10.0 Å². The van der Waals surface area contributed by atoms with Crippen LogP contribution in [-0.2, 0) is 10.0 Å². The highest BCUT2D eigenvalue weighted by molar-refractivity contribution is 7.89. The molecule has 1 aromatic heterocycles. The summed E-state index contributed by atoms with van der Waals surface area (Å²) in [4.78, 5) is 12.2. The minimum atomic E-state index is -3.50. The first-order valence-corrected chi connectivity index (χ1v) is 9.96. The maximum atomic E-state index is 12.7. The first-order valence-electron chi connectivity index (χ1n) is 7.69. The second kappa shape index (κ2) is 6.96. The highest BCUT2D eigenvalue weighted by Crippen LogP contribution is 2.25. The average Bonchev–Trinajstić information content (AvgIpc) is 3.10. The molecule has 0 bridgehead atoms. The largest absolute Gasteiger partial charge is 0.321 e. The van der Waals surface area contributed by atoms with Crippen LogP contribution in [0.1, 0.15) is 36.7 Å². The molecule has 24 heavy (non-hydrogen) atoms. The maximum absolute atomic E-state index is 12.7. The summed E-state index contributed by atoms with van der Waals surface area (Å²) in [5.41, 5.74) is 0.748. The smallest absolute Gasteiger partial charge is 0.277 e. The predicted molar refractivity (Wildman–Crippen MR) is 91.5 cm³/mol. The number of hydrogen-bond donors (Lipinski definition) is 1. The zero-order valence-corrected chi connectivity index (χ0v) is 14.8. The molecule has 1 atom stereocenters. The van der Waals surface area contributed by atoms with Gasteiger partial charge in [-0.1, -0.05) is 10.9 Å². The maximum Gasteiger partial charge on any atom is 0.277 e. The van der Waals surface area contributed by atoms with E-state index in [2.05, 4.69) is 14.9 Å². The van der Waals surface area contributed by atoms with Crippen LogP contribution < -0.4 is 5.32 Å². The lowest BCUT2D eigenvalue weighted by Crippen LogP contribution is -2.41. The van der Waals surface area contributed by atoms with E-state index in [9.17, 15) is 13.2 Å². The molecule has 2 aromatic rings. The Morgan fingerprint density at radius 3 is 2.67 bits per heavy atom. The van der Waals surface area contributed by atoms with E-state index in [1.165, 1.54) is 12.1 Å². The van der Waals surface area contributed by atoms with E-state index < -0.39 is 10.0 Å². The molecule has 0 unspecified atom stereocenters. The molecule has 0 aliphatic carbocycles. The van der Waals surface area contributed by atoms with Crippen LogP contribution in [0, 0.1) is 0 Å². The number of rotatable bonds is 4. The Kier molecular flexibility index (Phi) is 4.93. The molecule has 7 nitrogen and oxygen atoms in total. The fourth-order valence-electron chi connectivity index (χ4n) is 2.73. The third-order valence-corrected chi connectivity index (χ3v) is 6.59. The normalized spacial score (nSPS) is 19.1. The molecule has 128 valence electrons. The molecule has 1 aliphatic heterocycles. The Bertz CT molecular complexity index is 804. The number of anilines is 1. The number of carbonyl (C=O) groups excluding carboxylic acids is 1. The van der Waals surface area contributed by atoms with Gasteiger partial charge in [-0.2, -0.15) is 4.31 Å². The first-order chi connectivity index (χ1) is 11.5. The van der Waals surface area contributed by atoms with Crippen molar-refractivity contribution in [2.45, 2.75) is 37.1 Å². The summed E-state index contributed by atoms with van der Waals surface area (Å²) in [6.07, 6.45) is 2.83. The van der Waals surface area contributed by atoms with Crippen LogP contribution in [0.25, 0.3) is 0 Å². The summed E-state index contributed by atoms with van der Waals surface area (Å²) >= 11 is 1.09. The van der Waals surface area contributed by atoms with Crippen molar-refractivity contribution in [1.82, 2.24) is 13.9 Å². The third-order valence-electron chi connectivity index (χ3n) is 4.05. The van der Waals surface area contributed by atoms with E-state index >= 15 is 0 Å². The van der Waals surface area contributed by atoms with Crippen LogP contribution >= 0.6 is 11.5 Å². The van der Waals surface area contributed by atoms with Crippen molar-refractivity contribution in [3.8, 4) is 0 Å². The summed E-state index contributed by atoms with van der Waals surface area (Å²) in [6, 6.07) is 6.22. The van der Waals surface area contributed by atoms with Crippen LogP contribution in [0.15, 0.2) is 34.5 Å². The number of sulfonamides is 1. The van der Waals surface area contributed by atoms with Gasteiger partial charge in [-0.3, -0.25) is 4.79 Å². The van der Waals surface area contributed by atoms with Crippen molar-refractivity contribution in [2.75, 3.05) is 11.9 Å². The molecule has 1 aliphatic rings. The van der Waals surface area contributed by atoms with Gasteiger partial charge in [0.15, 0.2) is 5.69 Å². The number of amides is 1. The van der Waals surface area contributed by atoms with Crippen LogP contribution in [-0.4, -0.2) is 40.8 Å². The highest BCUT2D eigenvalue weighted by atomic mass is 32.2. The molecule has 2 heterocycles. The molecule has 1 aromatic carbocycles. The summed E-state index contributed by atoms with van der Waals surface area (Å²) in [5, 5.41) is 7.91. The molecule has 0 saturated carbocycles. The molecule has 3 rings (SSSR count). The number of benzene rings is 1. The van der Waals surface area contributed by atoms with E-state index in [1.54, 1.807) is 21.8 Å². The van der Waals surface area contributed by atoms with E-state index in [0.717, 1.165) is 30.8 Å². The summed E-state index contributed by atoms with van der Waals surface area (Å²) in [6.45, 7) is 2.49. The van der Waals surface area contributed by atoms with Gasteiger partial charge in [-0.05, 0) is 55.6 Å². The van der Waals surface area contributed by atoms with Gasteiger partial charge in [0.1, 0.15) is 0 Å². The van der Waals surface area contributed by atoms with E-state index in [4.69, 9.17) is 0 Å². The van der Waals surface area contributed by atoms with Crippen molar-refractivity contribution in [1.29, 1.82) is 0 Å². The van der Waals surface area contributed by atoms with Gasteiger partial charge in [0, 0.05) is 23.7 Å². The lowest BCUT2D eigenvalue weighted by atomic mass is 10.1. The van der Waals surface area contributed by atoms with Crippen LogP contribution in [0.5, 0.6) is 0 Å². The topological polar surface area (TPSA) is 92.3 Å². The molecule has 1 saturated heterocycles. The van der Waals surface area contributed by atoms with Crippen molar-refractivity contribution in [3.63, 3.8) is 0 Å². The molecular weight excluding hydrogens is 348 g/mol. The van der Waals surface area contributed by atoms with E-state index in [-0.39, 0.29) is 22.5 Å². The van der Waals surface area contributed by atoms with Crippen LogP contribution in [0.3, 0.4) is 0 Å². The molecule has 9 heteroatoms. The minimum Gasteiger partial charge on any atom is -0.321 e. The molecule has 1 N–H and O–H groups in total. The lowest BCUT2D eigenvalue weighted by molar-refractivity contribution is 0.102. The SMILES string of the molecule is C[C@H]1CCCCN1S(=O)(=O)c1ccc(NC(=O)c2csnn2)cc1. The second-order valence-electron chi connectivity index (χ2n) is 5.73. The minimum absolute atomic E-state index is 0.0142. The van der Waals surface area contributed by atoms with Gasteiger partial charge >= 0.3 is 0 Å². The zero-order valence-electron chi connectivity index (χ0n) is 13.2. The number of carbonyl (C=O) groups is 1. The zero-order chi connectivity index (χ0) is 17.2. The average molecular weight is 366 g/mol. The molecular formula is C15H18N4O3S2. The number of aromatic nitrogens is 2. The second-order valence-corrected chi connectivity index (χ2v) is 8.23. The van der Waals surface area contributed by atoms with Gasteiger partial charge in [0.25, 0.3) is 5.91 Å². The molecule has 0 spiro atoms. The Labute approximate surface area is 144 Å². The number of nitrogens with one attached hydrogen (secondary N) is 1. The summed E-state index contributed by atoms with van der Waals surface area (Å²) in [7, 11) is -3.50. The van der Waals surface area contributed by atoms with Gasteiger partial charge in [-0.25, -0.2) is 8.42 Å². The number of hydrogen-bond acceptors (Lipinski definition) is 6. The van der Waals surface area contributed by atoms with Crippen molar-refractivity contribution in [2.24, 2.45) is 0 Å². The Balaban J connectivity index is 1.75. The molecule has 0 radical (unpaired) electrons. The molecule has 1 fully saturated rings. The summed E-state index contributed by atoms with van der Waals surface area (Å²) < 4.78 is 30.7. The van der Waals surface area contributed by atoms with Crippen LogP contribution in [0.2, 0.25) is 0 Å². The van der Waals surface area contributed by atoms with Crippen molar-refractivity contribution in [3.05, 3.63) is 35.3 Å². The predicted octanol–water partition coefficient (Wildman–Crippen LogP) is 2.35. The van der Waals surface area contributed by atoms with Crippen molar-refractivity contribution < 1.29 is 13.2 Å². The van der Waals surface area contributed by atoms with E-state index in [1.807, 2.05) is 6.92 Å². The number of nitrogens with zero attached hydrogens (tertiary/aromatic N) is 3. The third kappa shape index (κ3) is 3.47. The highest BCUT2D eigenvalue weighted by Gasteiger charge is 2.30. The number of piperidine rings is 1. The fourth-order valence-corrected chi connectivity index (χ4v) is 4.87. The Morgan fingerprint density at radius 1 is 1.29 bits per heavy atom. The van der Waals surface area contributed by atoms with Gasteiger partial charge in [-0.15, -0.1) is 5.10 Å². The van der Waals surface area contributed by atoms with Gasteiger partial charge < -0.3 is 5.32 Å². The monoisotopic (exact) mass is 366 g/mol. The Hall–Kier alpha value is -1.84. The van der Waals surface area contributed by atoms with Crippen LogP contribution in [0.4, 0.5) is 5.69 Å². The standard InChI is InChI=1S/C15H18N4O3S2/c1-11-4-2-3-9-19(11)24(21,22)13-7-5-12(6-8-13)16-15(20)14-10-23-18-17-14/h5-8,10-11H,2-4,9H2,1H3,(H,16,20)/t11-/m0/s1. The van der Waals surface area contributed by atoms with Gasteiger partial charge in [0.05, 0.1) is 4.90 Å². The lowest BCUT2D eigenvalue weighted by Gasteiger charge is -2.32. The quantitative estimate of drug-likeness (QED) is 0.897. The fraction of sp³-hybridized carbons (Fsp3) is 0.400. The van der Waals surface area contributed by atoms with Crippen molar-refractivity contribution >= 4 is 33.2 Å².